The van der Waals surface area contributed by atoms with Gasteiger partial charge in [-0.15, -0.1) is 0 Å². The summed E-state index contributed by atoms with van der Waals surface area (Å²) in [5, 5.41) is 3.19. The Hall–Kier alpha value is -1.51. The van der Waals surface area contributed by atoms with Crippen molar-refractivity contribution in [2.24, 2.45) is 0 Å². The van der Waals surface area contributed by atoms with Crippen LogP contribution in [0.3, 0.4) is 0 Å². The minimum absolute atomic E-state index is 0.179. The second kappa shape index (κ2) is 7.32. The third-order valence-electron chi connectivity index (χ3n) is 4.07. The molecule has 0 aromatic heterocycles. The molecule has 110 valence electrons. The number of rotatable bonds is 6. The summed E-state index contributed by atoms with van der Waals surface area (Å²) in [6.07, 6.45) is 8.47. The van der Waals surface area contributed by atoms with Crippen molar-refractivity contribution in [1.82, 2.24) is 5.32 Å². The van der Waals surface area contributed by atoms with E-state index in [1.807, 2.05) is 6.07 Å². The predicted octanol–water partition coefficient (Wildman–Crippen LogP) is 3.73. The lowest BCUT2D eigenvalue weighted by molar-refractivity contribution is -0.122. The molecule has 1 aliphatic rings. The molecule has 0 aliphatic heterocycles. The zero-order valence-electron chi connectivity index (χ0n) is 12.5. The zero-order chi connectivity index (χ0) is 14.4. The van der Waals surface area contributed by atoms with Crippen LogP contribution in [0.5, 0.6) is 0 Å². The molecule has 0 heterocycles. The van der Waals surface area contributed by atoms with Gasteiger partial charge in [0.15, 0.2) is 0 Å². The first-order valence-corrected chi connectivity index (χ1v) is 7.88. The summed E-state index contributed by atoms with van der Waals surface area (Å²) >= 11 is 0. The maximum absolute atomic E-state index is 12.0. The van der Waals surface area contributed by atoms with Gasteiger partial charge in [0.1, 0.15) is 0 Å². The van der Waals surface area contributed by atoms with Gasteiger partial charge in [0.05, 0.1) is 6.04 Å². The van der Waals surface area contributed by atoms with Crippen molar-refractivity contribution >= 4 is 11.6 Å². The molecule has 0 saturated heterocycles. The number of nitrogens with one attached hydrogen (secondary N) is 1. The molecule has 0 bridgehead atoms. The van der Waals surface area contributed by atoms with E-state index in [2.05, 4.69) is 24.4 Å². The van der Waals surface area contributed by atoms with Crippen LogP contribution in [-0.2, 0) is 11.2 Å². The van der Waals surface area contributed by atoms with Gasteiger partial charge in [0.2, 0.25) is 5.91 Å². The van der Waals surface area contributed by atoms with Gasteiger partial charge >= 0.3 is 0 Å². The third-order valence-corrected chi connectivity index (χ3v) is 4.07. The number of hydrogen-bond acceptors (Lipinski definition) is 2. The number of carbonyl (C=O) groups is 1. The predicted molar refractivity (Wildman–Crippen MR) is 83.4 cm³/mol. The van der Waals surface area contributed by atoms with Gasteiger partial charge in [-0.25, -0.2) is 0 Å². The van der Waals surface area contributed by atoms with Gasteiger partial charge in [-0.2, -0.15) is 0 Å². The number of benzene rings is 1. The van der Waals surface area contributed by atoms with Crippen molar-refractivity contribution < 1.29 is 4.79 Å². The average Bonchev–Trinajstić information content (AvgIpc) is 2.43. The number of hydrogen-bond donors (Lipinski definition) is 2. The lowest BCUT2D eigenvalue weighted by Gasteiger charge is -2.26. The minimum atomic E-state index is 0.179. The molecule has 1 amide bonds. The van der Waals surface area contributed by atoms with Crippen molar-refractivity contribution in [3.63, 3.8) is 0 Å². The Bertz CT molecular complexity index is 456. The lowest BCUT2D eigenvalue weighted by atomic mass is 9.87. The van der Waals surface area contributed by atoms with E-state index < -0.39 is 0 Å². The summed E-state index contributed by atoms with van der Waals surface area (Å²) in [6, 6.07) is 6.24. The molecule has 0 radical (unpaired) electrons. The van der Waals surface area contributed by atoms with Gasteiger partial charge in [0, 0.05) is 12.1 Å². The van der Waals surface area contributed by atoms with E-state index in [1.165, 1.54) is 24.0 Å². The first-order chi connectivity index (χ1) is 9.70. The quantitative estimate of drug-likeness (QED) is 0.613. The molecule has 3 N–H and O–H groups in total. The fourth-order valence-electron chi connectivity index (χ4n) is 2.96. The molecule has 3 heteroatoms. The summed E-state index contributed by atoms with van der Waals surface area (Å²) < 4.78 is 0. The second-order valence-electron chi connectivity index (χ2n) is 5.78. The number of nitrogen functional groups attached to an aromatic ring is 1. The molecule has 1 aromatic rings. The van der Waals surface area contributed by atoms with Crippen LogP contribution in [0, 0.1) is 0 Å². The highest BCUT2D eigenvalue weighted by atomic mass is 16.1. The van der Waals surface area contributed by atoms with Crippen LogP contribution in [0.15, 0.2) is 18.2 Å². The van der Waals surface area contributed by atoms with E-state index in [9.17, 15) is 4.79 Å². The number of amides is 1. The van der Waals surface area contributed by atoms with Crippen LogP contribution in [-0.4, -0.2) is 5.91 Å². The Morgan fingerprint density at radius 3 is 3.00 bits per heavy atom. The highest BCUT2D eigenvalue weighted by molar-refractivity contribution is 5.76. The van der Waals surface area contributed by atoms with Crippen molar-refractivity contribution in [2.45, 2.75) is 64.3 Å². The molecular weight excluding hydrogens is 248 g/mol. The molecule has 3 nitrogen and oxygen atoms in total. The smallest absolute Gasteiger partial charge is 0.220 e. The fraction of sp³-hybridized carbons (Fsp3) is 0.588. The zero-order valence-corrected chi connectivity index (χ0v) is 12.5. The first kappa shape index (κ1) is 14.9. The van der Waals surface area contributed by atoms with Gasteiger partial charge < -0.3 is 11.1 Å². The summed E-state index contributed by atoms with van der Waals surface area (Å²) in [6.45, 7) is 2.19. The molecule has 1 atom stereocenters. The number of aryl methyl sites for hydroxylation is 1. The number of nitrogens with two attached hydrogens (primary N) is 1. The topological polar surface area (TPSA) is 55.1 Å². The molecule has 0 spiro atoms. The van der Waals surface area contributed by atoms with E-state index >= 15 is 0 Å². The number of carbonyl (C=O) groups excluding carboxylic acids is 1. The normalized spacial score (nSPS) is 17.6. The monoisotopic (exact) mass is 274 g/mol. The third kappa shape index (κ3) is 3.99. The van der Waals surface area contributed by atoms with Crippen molar-refractivity contribution in [3.8, 4) is 0 Å². The summed E-state index contributed by atoms with van der Waals surface area (Å²) in [4.78, 5) is 12.0. The standard InChI is InChI=1S/C17H26N2O/c1-2-3-4-5-9-17(20)19-16-8-6-7-13-12-14(18)10-11-15(13)16/h10-12,16H,2-9,18H2,1H3,(H,19,20). The van der Waals surface area contributed by atoms with Gasteiger partial charge in [-0.3, -0.25) is 4.79 Å². The van der Waals surface area contributed by atoms with Crippen LogP contribution in [0.2, 0.25) is 0 Å². The van der Waals surface area contributed by atoms with E-state index in [4.69, 9.17) is 5.73 Å². The molecule has 1 aromatic carbocycles. The Kier molecular flexibility index (Phi) is 5.45. The highest BCUT2D eigenvalue weighted by Gasteiger charge is 2.21. The van der Waals surface area contributed by atoms with E-state index in [0.717, 1.165) is 37.8 Å². The van der Waals surface area contributed by atoms with Crippen LogP contribution in [0.1, 0.15) is 69.0 Å². The number of fused-ring (bicyclic) bond motifs is 1. The fourth-order valence-corrected chi connectivity index (χ4v) is 2.96. The number of anilines is 1. The molecule has 1 aliphatic carbocycles. The van der Waals surface area contributed by atoms with E-state index in [-0.39, 0.29) is 11.9 Å². The molecule has 1 unspecified atom stereocenters. The van der Waals surface area contributed by atoms with E-state index in [1.54, 1.807) is 0 Å². The van der Waals surface area contributed by atoms with Gasteiger partial charge in [-0.05, 0) is 48.9 Å². The molecule has 0 fully saturated rings. The number of unbranched alkanes of at least 4 members (excludes halogenated alkanes) is 3. The maximum atomic E-state index is 12.0. The Morgan fingerprint density at radius 1 is 1.35 bits per heavy atom. The Labute approximate surface area is 121 Å². The van der Waals surface area contributed by atoms with Crippen LogP contribution in [0.25, 0.3) is 0 Å². The molecular formula is C17H26N2O. The van der Waals surface area contributed by atoms with Crippen molar-refractivity contribution in [1.29, 1.82) is 0 Å². The largest absolute Gasteiger partial charge is 0.399 e. The SMILES string of the molecule is CCCCCCC(=O)NC1CCCc2cc(N)ccc21. The van der Waals surface area contributed by atoms with Crippen LogP contribution < -0.4 is 11.1 Å². The lowest BCUT2D eigenvalue weighted by Crippen LogP contribution is -2.30. The molecule has 0 saturated carbocycles. The Morgan fingerprint density at radius 2 is 2.20 bits per heavy atom. The first-order valence-electron chi connectivity index (χ1n) is 7.88. The minimum Gasteiger partial charge on any atom is -0.399 e. The van der Waals surface area contributed by atoms with Crippen LogP contribution in [0.4, 0.5) is 5.69 Å². The van der Waals surface area contributed by atoms with Crippen LogP contribution >= 0.6 is 0 Å². The van der Waals surface area contributed by atoms with Crippen molar-refractivity contribution in [3.05, 3.63) is 29.3 Å². The summed E-state index contributed by atoms with van der Waals surface area (Å²) in [5.41, 5.74) is 9.21. The highest BCUT2D eigenvalue weighted by Crippen LogP contribution is 2.31. The molecule has 2 rings (SSSR count). The summed E-state index contributed by atoms with van der Waals surface area (Å²) in [5.74, 6) is 0.191. The average molecular weight is 274 g/mol. The van der Waals surface area contributed by atoms with Crippen molar-refractivity contribution in [2.75, 3.05) is 5.73 Å². The van der Waals surface area contributed by atoms with Gasteiger partial charge in [-0.1, -0.05) is 32.3 Å². The van der Waals surface area contributed by atoms with Gasteiger partial charge in [0.25, 0.3) is 0 Å². The Balaban J connectivity index is 1.89. The second-order valence-corrected chi connectivity index (χ2v) is 5.78. The summed E-state index contributed by atoms with van der Waals surface area (Å²) in [7, 11) is 0. The maximum Gasteiger partial charge on any atom is 0.220 e. The molecule has 20 heavy (non-hydrogen) atoms. The van der Waals surface area contributed by atoms with E-state index in [0.29, 0.717) is 6.42 Å².